The molecule has 0 fully saturated rings. The molecule has 6 heteroatoms. The Bertz CT molecular complexity index is 587. The van der Waals surface area contributed by atoms with Crippen LogP contribution in [-0.2, 0) is 6.18 Å². The summed E-state index contributed by atoms with van der Waals surface area (Å²) in [5.41, 5.74) is 0.0622. The third-order valence-corrected chi connectivity index (χ3v) is 2.41. The van der Waals surface area contributed by atoms with Crippen molar-refractivity contribution in [1.29, 1.82) is 0 Å². The Labute approximate surface area is 101 Å². The highest BCUT2D eigenvalue weighted by atomic mass is 19.4. The van der Waals surface area contributed by atoms with Gasteiger partial charge in [-0.2, -0.15) is 13.2 Å². The summed E-state index contributed by atoms with van der Waals surface area (Å²) >= 11 is 0. The summed E-state index contributed by atoms with van der Waals surface area (Å²) in [6, 6.07) is 3.18. The molecule has 2 rings (SSSR count). The van der Waals surface area contributed by atoms with Gasteiger partial charge in [0.15, 0.2) is 0 Å². The van der Waals surface area contributed by atoms with Crippen LogP contribution in [0.25, 0.3) is 5.69 Å². The standard InChI is InChI=1S/C12H9F3N2O/c1-8-5-17(7-16-8)11-3-9(6-18)2-10(4-11)12(13,14)15/h2-7H,1H3. The van der Waals surface area contributed by atoms with Crippen LogP contribution in [0.2, 0.25) is 0 Å². The van der Waals surface area contributed by atoms with E-state index in [4.69, 9.17) is 0 Å². The lowest BCUT2D eigenvalue weighted by atomic mass is 10.1. The molecule has 1 heterocycles. The average Bonchev–Trinajstić information content (AvgIpc) is 2.74. The molecule has 0 saturated carbocycles. The molecular formula is C12H9F3N2O. The molecule has 94 valence electrons. The van der Waals surface area contributed by atoms with E-state index >= 15 is 0 Å². The van der Waals surface area contributed by atoms with Gasteiger partial charge in [-0.3, -0.25) is 4.79 Å². The summed E-state index contributed by atoms with van der Waals surface area (Å²) < 4.78 is 39.4. The predicted molar refractivity (Wildman–Crippen MR) is 58.7 cm³/mol. The van der Waals surface area contributed by atoms with Crippen molar-refractivity contribution in [2.45, 2.75) is 13.1 Å². The van der Waals surface area contributed by atoms with Crippen molar-refractivity contribution in [3.63, 3.8) is 0 Å². The molecule has 18 heavy (non-hydrogen) atoms. The zero-order chi connectivity index (χ0) is 13.3. The topological polar surface area (TPSA) is 34.9 Å². The largest absolute Gasteiger partial charge is 0.416 e. The molecule has 0 spiro atoms. The lowest BCUT2D eigenvalue weighted by molar-refractivity contribution is -0.137. The lowest BCUT2D eigenvalue weighted by Gasteiger charge is -2.10. The summed E-state index contributed by atoms with van der Waals surface area (Å²) in [4.78, 5) is 14.6. The highest BCUT2D eigenvalue weighted by Gasteiger charge is 2.31. The maximum atomic E-state index is 12.7. The van der Waals surface area contributed by atoms with E-state index in [2.05, 4.69) is 4.98 Å². The first kappa shape index (κ1) is 12.3. The highest BCUT2D eigenvalue weighted by Crippen LogP contribution is 2.31. The highest BCUT2D eigenvalue weighted by molar-refractivity contribution is 5.76. The number of alkyl halides is 3. The Hall–Kier alpha value is -2.11. The van der Waals surface area contributed by atoms with Crippen LogP contribution >= 0.6 is 0 Å². The van der Waals surface area contributed by atoms with Crippen molar-refractivity contribution in [1.82, 2.24) is 9.55 Å². The summed E-state index contributed by atoms with van der Waals surface area (Å²) in [5.74, 6) is 0. The number of aryl methyl sites for hydroxylation is 1. The second-order valence-electron chi connectivity index (χ2n) is 3.85. The lowest BCUT2D eigenvalue weighted by Crippen LogP contribution is -2.07. The van der Waals surface area contributed by atoms with Gasteiger partial charge in [-0.25, -0.2) is 4.98 Å². The smallest absolute Gasteiger partial charge is 0.306 e. The molecule has 1 aromatic heterocycles. The number of halogens is 3. The van der Waals surface area contributed by atoms with Crippen LogP contribution in [0.3, 0.4) is 0 Å². The zero-order valence-electron chi connectivity index (χ0n) is 9.40. The van der Waals surface area contributed by atoms with Gasteiger partial charge >= 0.3 is 6.18 Å². The van der Waals surface area contributed by atoms with Gasteiger partial charge in [0.1, 0.15) is 6.29 Å². The Kier molecular flexibility index (Phi) is 2.94. The minimum absolute atomic E-state index is 0.0221. The fraction of sp³-hybridized carbons (Fsp3) is 0.167. The molecule has 2 aromatic rings. The maximum Gasteiger partial charge on any atom is 0.416 e. The number of rotatable bonds is 2. The van der Waals surface area contributed by atoms with Crippen molar-refractivity contribution >= 4 is 6.29 Å². The Balaban J connectivity index is 2.57. The van der Waals surface area contributed by atoms with Crippen LogP contribution in [0.15, 0.2) is 30.7 Å². The van der Waals surface area contributed by atoms with Crippen LogP contribution < -0.4 is 0 Å². The van der Waals surface area contributed by atoms with E-state index in [1.165, 1.54) is 17.0 Å². The number of carbonyl (C=O) groups excluding carboxylic acids is 1. The van der Waals surface area contributed by atoms with Gasteiger partial charge < -0.3 is 4.57 Å². The number of benzene rings is 1. The SMILES string of the molecule is Cc1cn(-c2cc(C=O)cc(C(F)(F)F)c2)cn1. The van der Waals surface area contributed by atoms with E-state index in [0.29, 0.717) is 12.0 Å². The number of carbonyl (C=O) groups is 1. The van der Waals surface area contributed by atoms with E-state index in [1.54, 1.807) is 13.1 Å². The Morgan fingerprint density at radius 3 is 2.50 bits per heavy atom. The third-order valence-electron chi connectivity index (χ3n) is 2.41. The maximum absolute atomic E-state index is 12.7. The normalized spacial score (nSPS) is 11.6. The van der Waals surface area contributed by atoms with Crippen LogP contribution in [0, 0.1) is 6.92 Å². The molecule has 0 aliphatic heterocycles. The molecule has 0 amide bonds. The number of hydrogen-bond acceptors (Lipinski definition) is 2. The quantitative estimate of drug-likeness (QED) is 0.772. The first-order chi connectivity index (χ1) is 8.40. The Morgan fingerprint density at radius 1 is 1.28 bits per heavy atom. The van der Waals surface area contributed by atoms with Crippen molar-refractivity contribution in [3.8, 4) is 5.69 Å². The van der Waals surface area contributed by atoms with Crippen molar-refractivity contribution in [2.24, 2.45) is 0 Å². The predicted octanol–water partition coefficient (Wildman–Crippen LogP) is 3.01. The summed E-state index contributed by atoms with van der Waals surface area (Å²) in [6.45, 7) is 1.73. The third kappa shape index (κ3) is 2.42. The first-order valence-electron chi connectivity index (χ1n) is 5.08. The Morgan fingerprint density at radius 2 is 2.00 bits per heavy atom. The fourth-order valence-electron chi connectivity index (χ4n) is 1.58. The molecule has 0 saturated heterocycles. The van der Waals surface area contributed by atoms with Crippen molar-refractivity contribution in [3.05, 3.63) is 47.5 Å². The van der Waals surface area contributed by atoms with E-state index < -0.39 is 11.7 Å². The number of aromatic nitrogens is 2. The minimum Gasteiger partial charge on any atom is -0.306 e. The molecule has 1 aromatic carbocycles. The van der Waals surface area contributed by atoms with Crippen molar-refractivity contribution in [2.75, 3.05) is 0 Å². The summed E-state index contributed by atoms with van der Waals surface area (Å²) in [6.07, 6.45) is -1.10. The van der Waals surface area contributed by atoms with E-state index in [-0.39, 0.29) is 11.3 Å². The number of imidazole rings is 1. The molecule has 0 aliphatic carbocycles. The van der Waals surface area contributed by atoms with Gasteiger partial charge in [0, 0.05) is 17.4 Å². The average molecular weight is 254 g/mol. The van der Waals surface area contributed by atoms with Gasteiger partial charge in [0.2, 0.25) is 0 Å². The zero-order valence-corrected chi connectivity index (χ0v) is 9.40. The fourth-order valence-corrected chi connectivity index (χ4v) is 1.58. The van der Waals surface area contributed by atoms with Gasteiger partial charge in [-0.15, -0.1) is 0 Å². The minimum atomic E-state index is -4.48. The van der Waals surface area contributed by atoms with Gasteiger partial charge in [0.05, 0.1) is 17.6 Å². The molecule has 0 atom stereocenters. The second kappa shape index (κ2) is 4.29. The number of nitrogens with zero attached hydrogens (tertiary/aromatic N) is 2. The molecule has 0 bridgehead atoms. The first-order valence-corrected chi connectivity index (χ1v) is 5.08. The van der Waals surface area contributed by atoms with Crippen LogP contribution in [0.4, 0.5) is 13.2 Å². The van der Waals surface area contributed by atoms with Crippen LogP contribution in [-0.4, -0.2) is 15.8 Å². The van der Waals surface area contributed by atoms with Gasteiger partial charge in [-0.05, 0) is 25.1 Å². The van der Waals surface area contributed by atoms with E-state index in [1.807, 2.05) is 0 Å². The molecular weight excluding hydrogens is 245 g/mol. The summed E-state index contributed by atoms with van der Waals surface area (Å²) in [7, 11) is 0. The number of hydrogen-bond donors (Lipinski definition) is 0. The molecule has 0 unspecified atom stereocenters. The molecule has 0 radical (unpaired) electrons. The monoisotopic (exact) mass is 254 g/mol. The second-order valence-corrected chi connectivity index (χ2v) is 3.85. The molecule has 3 nitrogen and oxygen atoms in total. The van der Waals surface area contributed by atoms with E-state index in [0.717, 1.165) is 12.1 Å². The van der Waals surface area contributed by atoms with Gasteiger partial charge in [0.25, 0.3) is 0 Å². The summed E-state index contributed by atoms with van der Waals surface area (Å²) in [5, 5.41) is 0. The molecule has 0 N–H and O–H groups in total. The number of aldehydes is 1. The van der Waals surface area contributed by atoms with Gasteiger partial charge in [-0.1, -0.05) is 0 Å². The van der Waals surface area contributed by atoms with E-state index in [9.17, 15) is 18.0 Å². The van der Waals surface area contributed by atoms with Crippen LogP contribution in [0.5, 0.6) is 0 Å². The molecule has 0 aliphatic rings. The van der Waals surface area contributed by atoms with Crippen LogP contribution in [0.1, 0.15) is 21.6 Å². The van der Waals surface area contributed by atoms with Crippen molar-refractivity contribution < 1.29 is 18.0 Å².